The van der Waals surface area contributed by atoms with E-state index in [0.29, 0.717) is 6.54 Å². The van der Waals surface area contributed by atoms with Gasteiger partial charge in [0, 0.05) is 0 Å². The van der Waals surface area contributed by atoms with Crippen LogP contribution in [0.3, 0.4) is 0 Å². The van der Waals surface area contributed by atoms with Gasteiger partial charge in [0.15, 0.2) is 0 Å². The number of nitrogens with zero attached hydrogens (tertiary/aromatic N) is 1. The van der Waals surface area contributed by atoms with Crippen LogP contribution in [0.25, 0.3) is 0 Å². The molecule has 3 atom stereocenters. The summed E-state index contributed by atoms with van der Waals surface area (Å²) in [6.45, 7) is 8.36. The second-order valence-corrected chi connectivity index (χ2v) is 10.2. The zero-order valence-electron chi connectivity index (χ0n) is 22.0. The molecule has 7 heteroatoms. The molecule has 0 fully saturated rings. The van der Waals surface area contributed by atoms with Crippen LogP contribution in [0.1, 0.15) is 98.3 Å². The zero-order valence-corrected chi connectivity index (χ0v) is 22.0. The summed E-state index contributed by atoms with van der Waals surface area (Å²) in [5.74, 6) is -4.81. The van der Waals surface area contributed by atoms with E-state index in [1.807, 2.05) is 0 Å². The van der Waals surface area contributed by atoms with Crippen LogP contribution >= 0.6 is 0 Å². The Bertz CT molecular complexity index is 563. The number of carbonyl (C=O) groups is 3. The molecule has 0 aliphatic carbocycles. The number of aliphatic carboxylic acids is 3. The molecular weight excluding hydrogens is 434 g/mol. The van der Waals surface area contributed by atoms with Gasteiger partial charge in [0.2, 0.25) is 0 Å². The molecule has 198 valence electrons. The van der Waals surface area contributed by atoms with Crippen molar-refractivity contribution in [3.05, 3.63) is 12.2 Å². The lowest BCUT2D eigenvalue weighted by atomic mass is 10.00. The lowest BCUT2D eigenvalue weighted by Gasteiger charge is -2.42. The first kappa shape index (κ1) is 32.1. The highest BCUT2D eigenvalue weighted by molar-refractivity contribution is 5.70. The van der Waals surface area contributed by atoms with Crippen molar-refractivity contribution in [2.45, 2.75) is 98.3 Å². The summed E-state index contributed by atoms with van der Waals surface area (Å²) in [6, 6.07) is 0. The summed E-state index contributed by atoms with van der Waals surface area (Å²) in [5.41, 5.74) is 0. The largest absolute Gasteiger partial charge is 0.481 e. The molecule has 0 aliphatic heterocycles. The summed E-state index contributed by atoms with van der Waals surface area (Å²) in [7, 11) is 0. The summed E-state index contributed by atoms with van der Waals surface area (Å²) in [5, 5.41) is 28.4. The van der Waals surface area contributed by atoms with E-state index >= 15 is 0 Å². The summed E-state index contributed by atoms with van der Waals surface area (Å²) >= 11 is 0. The fourth-order valence-corrected chi connectivity index (χ4v) is 4.71. The molecular formula is C27H50NO6+. The number of hydrogen-bond acceptors (Lipinski definition) is 3. The summed E-state index contributed by atoms with van der Waals surface area (Å²) in [6.07, 6.45) is 17.1. The fourth-order valence-electron chi connectivity index (χ4n) is 4.71. The van der Waals surface area contributed by atoms with Crippen molar-refractivity contribution in [3.63, 3.8) is 0 Å². The molecule has 0 aromatic rings. The number of quaternary nitrogens is 1. The van der Waals surface area contributed by atoms with Gasteiger partial charge in [-0.05, 0) is 52.9 Å². The van der Waals surface area contributed by atoms with Crippen LogP contribution in [0.4, 0.5) is 0 Å². The van der Waals surface area contributed by atoms with E-state index in [9.17, 15) is 29.7 Å². The molecule has 0 bridgehead atoms. The number of unbranched alkanes of at least 4 members (excludes halogenated alkanes) is 9. The van der Waals surface area contributed by atoms with Crippen molar-refractivity contribution in [3.8, 4) is 0 Å². The van der Waals surface area contributed by atoms with Crippen molar-refractivity contribution in [2.75, 3.05) is 26.2 Å². The molecule has 0 radical (unpaired) electrons. The summed E-state index contributed by atoms with van der Waals surface area (Å²) in [4.78, 5) is 34.7. The lowest BCUT2D eigenvalue weighted by molar-refractivity contribution is -0.934. The van der Waals surface area contributed by atoms with Crippen molar-refractivity contribution >= 4 is 17.9 Å². The molecule has 0 aromatic heterocycles. The number of rotatable bonds is 22. The molecule has 7 nitrogen and oxygen atoms in total. The molecule has 3 N–H and O–H groups in total. The van der Waals surface area contributed by atoms with Gasteiger partial charge < -0.3 is 19.8 Å². The van der Waals surface area contributed by atoms with Crippen LogP contribution in [-0.4, -0.2) is 63.9 Å². The minimum atomic E-state index is -0.935. The van der Waals surface area contributed by atoms with Crippen LogP contribution in [0.15, 0.2) is 12.2 Å². The quantitative estimate of drug-likeness (QED) is 0.101. The average molecular weight is 485 g/mol. The molecule has 0 rings (SSSR count). The van der Waals surface area contributed by atoms with Gasteiger partial charge >= 0.3 is 17.9 Å². The van der Waals surface area contributed by atoms with E-state index in [-0.39, 0.29) is 24.1 Å². The maximum atomic E-state index is 11.6. The average Bonchev–Trinajstić information content (AvgIpc) is 2.76. The Labute approximate surface area is 206 Å². The van der Waals surface area contributed by atoms with Crippen LogP contribution in [0, 0.1) is 17.8 Å². The maximum Gasteiger partial charge on any atom is 0.311 e. The monoisotopic (exact) mass is 484 g/mol. The molecule has 0 saturated carbocycles. The van der Waals surface area contributed by atoms with Gasteiger partial charge in [-0.1, -0.05) is 57.6 Å². The molecule has 0 aromatic carbocycles. The molecule has 0 spiro atoms. The Morgan fingerprint density at radius 1 is 0.618 bits per heavy atom. The first-order valence-corrected chi connectivity index (χ1v) is 13.2. The topological polar surface area (TPSA) is 112 Å². The van der Waals surface area contributed by atoms with Crippen molar-refractivity contribution in [2.24, 2.45) is 17.8 Å². The Morgan fingerprint density at radius 2 is 0.971 bits per heavy atom. The molecule has 0 heterocycles. The minimum Gasteiger partial charge on any atom is -0.481 e. The van der Waals surface area contributed by atoms with E-state index in [1.165, 1.54) is 44.9 Å². The predicted octanol–water partition coefficient (Wildman–Crippen LogP) is 5.83. The Balaban J connectivity index is 4.73. The van der Waals surface area contributed by atoms with E-state index in [0.717, 1.165) is 25.7 Å². The second-order valence-electron chi connectivity index (χ2n) is 10.2. The van der Waals surface area contributed by atoms with E-state index in [1.54, 1.807) is 20.8 Å². The van der Waals surface area contributed by atoms with Crippen LogP contribution in [-0.2, 0) is 14.4 Å². The van der Waals surface area contributed by atoms with Gasteiger partial charge in [0.05, 0.1) is 26.2 Å². The van der Waals surface area contributed by atoms with Crippen LogP contribution in [0.5, 0.6) is 0 Å². The smallest absolute Gasteiger partial charge is 0.311 e. The first-order chi connectivity index (χ1) is 16.0. The number of carboxylic acid groups (broad SMARTS) is 3. The van der Waals surface area contributed by atoms with Gasteiger partial charge in [-0.2, -0.15) is 0 Å². The molecule has 0 aliphatic rings. The third-order valence-electron chi connectivity index (χ3n) is 6.65. The Kier molecular flexibility index (Phi) is 17.4. The van der Waals surface area contributed by atoms with Crippen LogP contribution < -0.4 is 0 Å². The highest BCUT2D eigenvalue weighted by Gasteiger charge is 2.38. The van der Waals surface area contributed by atoms with Gasteiger partial charge in [-0.25, -0.2) is 0 Å². The molecule has 0 amide bonds. The lowest BCUT2D eigenvalue weighted by Crippen LogP contribution is -2.57. The molecule has 34 heavy (non-hydrogen) atoms. The van der Waals surface area contributed by atoms with Gasteiger partial charge in [0.25, 0.3) is 0 Å². The maximum absolute atomic E-state index is 11.6. The van der Waals surface area contributed by atoms with Crippen LogP contribution in [0.2, 0.25) is 0 Å². The fraction of sp³-hybridized carbons (Fsp3) is 0.815. The second kappa shape index (κ2) is 18.4. The highest BCUT2D eigenvalue weighted by atomic mass is 16.4. The zero-order chi connectivity index (χ0) is 26.0. The van der Waals surface area contributed by atoms with Gasteiger partial charge in [-0.15, -0.1) is 0 Å². The van der Waals surface area contributed by atoms with E-state index in [2.05, 4.69) is 19.1 Å². The Hall–Kier alpha value is -1.89. The predicted molar refractivity (Wildman–Crippen MR) is 136 cm³/mol. The van der Waals surface area contributed by atoms with Gasteiger partial charge in [0.1, 0.15) is 17.8 Å². The van der Waals surface area contributed by atoms with Gasteiger partial charge in [-0.3, -0.25) is 14.4 Å². The SMILES string of the molecule is CC/C=C/CCCCCCCCCCC[N+](CC(C)C(=O)O)(CC(C)C(=O)O)CC(C)C(=O)O. The molecule has 3 unspecified atom stereocenters. The van der Waals surface area contributed by atoms with E-state index < -0.39 is 35.7 Å². The summed E-state index contributed by atoms with van der Waals surface area (Å²) < 4.78 is 0.223. The Morgan fingerprint density at radius 3 is 1.32 bits per heavy atom. The number of allylic oxidation sites excluding steroid dienone is 2. The molecule has 0 saturated heterocycles. The van der Waals surface area contributed by atoms with Crippen molar-refractivity contribution < 1.29 is 34.2 Å². The highest BCUT2D eigenvalue weighted by Crippen LogP contribution is 2.22. The third kappa shape index (κ3) is 15.1. The van der Waals surface area contributed by atoms with E-state index in [4.69, 9.17) is 0 Å². The van der Waals surface area contributed by atoms with Crippen molar-refractivity contribution in [1.82, 2.24) is 0 Å². The standard InChI is InChI=1S/C27H49NO6/c1-5-6-7-8-9-10-11-12-13-14-15-16-17-18-28(19-22(2)25(29)30,20-23(3)26(31)32)21-24(4)27(33)34/h6-7,22-24H,5,8-21H2,1-4H3,(H2-,29,30,31,32,33,34)/p+1/b7-6+. The number of hydrogen-bond donors (Lipinski definition) is 3. The first-order valence-electron chi connectivity index (χ1n) is 13.2. The normalized spacial score (nSPS) is 16.1. The number of carboxylic acids is 3. The minimum absolute atomic E-state index is 0.223. The van der Waals surface area contributed by atoms with Crippen molar-refractivity contribution in [1.29, 1.82) is 0 Å². The third-order valence-corrected chi connectivity index (χ3v) is 6.65.